The molecule has 0 spiro atoms. The average molecular weight is 417 g/mol. The van der Waals surface area contributed by atoms with E-state index in [-0.39, 0.29) is 11.9 Å². The number of amides is 1. The Bertz CT molecular complexity index is 999. The van der Waals surface area contributed by atoms with Gasteiger partial charge in [0.05, 0.1) is 18.0 Å². The van der Waals surface area contributed by atoms with Gasteiger partial charge in [0.1, 0.15) is 6.04 Å². The Hall–Kier alpha value is -2.34. The molecule has 0 aromatic heterocycles. The maximum Gasteiger partial charge on any atom is 0.244 e. The van der Waals surface area contributed by atoms with Gasteiger partial charge in [0, 0.05) is 0 Å². The van der Waals surface area contributed by atoms with E-state index in [0.29, 0.717) is 12.1 Å². The molecule has 2 rings (SSSR count). The molecular formula is C23H32N2O3S. The number of nitrogens with zero attached hydrogens (tertiary/aromatic N) is 1. The summed E-state index contributed by atoms with van der Waals surface area (Å²) in [5.74, 6) is -0.317. The Morgan fingerprint density at radius 1 is 1.00 bits per heavy atom. The molecule has 158 valence electrons. The molecule has 5 nitrogen and oxygen atoms in total. The van der Waals surface area contributed by atoms with Crippen molar-refractivity contribution in [2.75, 3.05) is 10.6 Å². The Kier molecular flexibility index (Phi) is 7.11. The van der Waals surface area contributed by atoms with Gasteiger partial charge in [-0.1, -0.05) is 42.8 Å². The molecule has 0 saturated carbocycles. The maximum atomic E-state index is 13.1. The zero-order chi connectivity index (χ0) is 21.9. The third-order valence-corrected chi connectivity index (χ3v) is 6.44. The fourth-order valence-corrected chi connectivity index (χ4v) is 4.87. The van der Waals surface area contributed by atoms with Crippen molar-refractivity contribution in [1.29, 1.82) is 0 Å². The largest absolute Gasteiger partial charge is 0.347 e. The minimum atomic E-state index is -3.65. The maximum absolute atomic E-state index is 13.1. The number of sulfonamides is 1. The number of rotatable bonds is 7. The molecule has 29 heavy (non-hydrogen) atoms. The van der Waals surface area contributed by atoms with Crippen LogP contribution in [0.4, 0.5) is 5.69 Å². The van der Waals surface area contributed by atoms with Crippen molar-refractivity contribution in [3.8, 4) is 0 Å². The topological polar surface area (TPSA) is 66.5 Å². The number of nitrogens with one attached hydrogen (secondary N) is 1. The van der Waals surface area contributed by atoms with Crippen LogP contribution in [-0.4, -0.2) is 26.6 Å². The molecular weight excluding hydrogens is 384 g/mol. The van der Waals surface area contributed by atoms with Gasteiger partial charge in [-0.3, -0.25) is 9.10 Å². The molecule has 1 amide bonds. The van der Waals surface area contributed by atoms with E-state index in [1.165, 1.54) is 9.87 Å². The van der Waals surface area contributed by atoms with Crippen LogP contribution in [-0.2, 0) is 14.8 Å². The number of hydrogen-bond acceptors (Lipinski definition) is 3. The normalized spacial score (nSPS) is 13.6. The highest BCUT2D eigenvalue weighted by molar-refractivity contribution is 7.92. The number of aryl methyl sites for hydroxylation is 4. The standard InChI is InChI=1S/C23H32N2O3S/c1-8-21(20-12-10-15(2)13-18(20)5)24-23(26)19(6)25(29(7,27)28)22-14-16(3)9-11-17(22)4/h9-14,19,21H,8H2,1-7H3,(H,24,26)/t19-,21+/m1/s1. The number of carbonyl (C=O) groups excluding carboxylic acids is 1. The molecule has 0 fully saturated rings. The summed E-state index contributed by atoms with van der Waals surface area (Å²) in [6, 6.07) is 10.7. The van der Waals surface area contributed by atoms with E-state index >= 15 is 0 Å². The van der Waals surface area contributed by atoms with Gasteiger partial charge in [-0.25, -0.2) is 8.42 Å². The Morgan fingerprint density at radius 2 is 1.59 bits per heavy atom. The summed E-state index contributed by atoms with van der Waals surface area (Å²) in [5, 5.41) is 3.05. The molecule has 6 heteroatoms. The van der Waals surface area contributed by atoms with E-state index in [2.05, 4.69) is 11.4 Å². The van der Waals surface area contributed by atoms with Crippen molar-refractivity contribution in [2.24, 2.45) is 0 Å². The number of carbonyl (C=O) groups is 1. The molecule has 0 aliphatic heterocycles. The highest BCUT2D eigenvalue weighted by Crippen LogP contribution is 2.27. The van der Waals surface area contributed by atoms with Crippen LogP contribution in [0.2, 0.25) is 0 Å². The van der Waals surface area contributed by atoms with Gasteiger partial charge in [0.15, 0.2) is 0 Å². The molecule has 0 aliphatic rings. The number of benzene rings is 2. The highest BCUT2D eigenvalue weighted by Gasteiger charge is 2.31. The Morgan fingerprint density at radius 3 is 2.14 bits per heavy atom. The molecule has 0 bridgehead atoms. The van der Waals surface area contributed by atoms with Gasteiger partial charge in [-0.2, -0.15) is 0 Å². The molecule has 0 radical (unpaired) electrons. The highest BCUT2D eigenvalue weighted by atomic mass is 32.2. The summed E-state index contributed by atoms with van der Waals surface area (Å²) < 4.78 is 26.4. The van der Waals surface area contributed by atoms with Crippen LogP contribution in [0.5, 0.6) is 0 Å². The first-order valence-corrected chi connectivity index (χ1v) is 11.7. The molecule has 0 aliphatic carbocycles. The summed E-state index contributed by atoms with van der Waals surface area (Å²) in [6.45, 7) is 11.5. The van der Waals surface area contributed by atoms with Crippen LogP contribution in [0.3, 0.4) is 0 Å². The summed E-state index contributed by atoms with van der Waals surface area (Å²) in [4.78, 5) is 13.1. The van der Waals surface area contributed by atoms with Crippen LogP contribution in [0.1, 0.15) is 54.1 Å². The van der Waals surface area contributed by atoms with Gasteiger partial charge < -0.3 is 5.32 Å². The summed E-state index contributed by atoms with van der Waals surface area (Å²) in [7, 11) is -3.65. The van der Waals surface area contributed by atoms with Crippen molar-refractivity contribution in [2.45, 2.75) is 60.0 Å². The van der Waals surface area contributed by atoms with E-state index in [9.17, 15) is 13.2 Å². The van der Waals surface area contributed by atoms with Gasteiger partial charge in [0.25, 0.3) is 0 Å². The predicted octanol–water partition coefficient (Wildman–Crippen LogP) is 4.34. The van der Waals surface area contributed by atoms with E-state index in [0.717, 1.165) is 28.5 Å². The zero-order valence-electron chi connectivity index (χ0n) is 18.4. The van der Waals surface area contributed by atoms with Crippen LogP contribution in [0.15, 0.2) is 36.4 Å². The molecule has 2 aromatic rings. The van der Waals surface area contributed by atoms with Crippen LogP contribution < -0.4 is 9.62 Å². The molecule has 1 N–H and O–H groups in total. The van der Waals surface area contributed by atoms with Crippen LogP contribution in [0, 0.1) is 27.7 Å². The molecule has 2 atom stereocenters. The van der Waals surface area contributed by atoms with Crippen molar-refractivity contribution in [3.05, 3.63) is 64.2 Å². The lowest BCUT2D eigenvalue weighted by Crippen LogP contribution is -2.49. The Labute approximate surface area is 175 Å². The first-order chi connectivity index (χ1) is 13.5. The summed E-state index contributed by atoms with van der Waals surface area (Å²) >= 11 is 0. The van der Waals surface area contributed by atoms with Crippen LogP contribution >= 0.6 is 0 Å². The van der Waals surface area contributed by atoms with Gasteiger partial charge >= 0.3 is 0 Å². The zero-order valence-corrected chi connectivity index (χ0v) is 19.2. The SMILES string of the molecule is CC[C@H](NC(=O)[C@@H](C)N(c1cc(C)ccc1C)S(C)(=O)=O)c1ccc(C)cc1C. The fourth-order valence-electron chi connectivity index (χ4n) is 3.65. The van der Waals surface area contributed by atoms with Crippen LogP contribution in [0.25, 0.3) is 0 Å². The monoisotopic (exact) mass is 416 g/mol. The van der Waals surface area contributed by atoms with Crippen molar-refractivity contribution in [3.63, 3.8) is 0 Å². The number of anilines is 1. The van der Waals surface area contributed by atoms with E-state index < -0.39 is 16.1 Å². The van der Waals surface area contributed by atoms with E-state index in [4.69, 9.17) is 0 Å². The van der Waals surface area contributed by atoms with Crippen molar-refractivity contribution in [1.82, 2.24) is 5.32 Å². The van der Waals surface area contributed by atoms with E-state index in [1.54, 1.807) is 6.92 Å². The second kappa shape index (κ2) is 8.99. The van der Waals surface area contributed by atoms with Crippen molar-refractivity contribution < 1.29 is 13.2 Å². The van der Waals surface area contributed by atoms with Gasteiger partial charge in [-0.05, 0) is 69.4 Å². The average Bonchev–Trinajstić information content (AvgIpc) is 2.62. The third kappa shape index (κ3) is 5.38. The fraction of sp³-hybridized carbons (Fsp3) is 0.435. The first kappa shape index (κ1) is 22.9. The number of hydrogen-bond donors (Lipinski definition) is 1. The second-order valence-electron chi connectivity index (χ2n) is 7.85. The second-order valence-corrected chi connectivity index (χ2v) is 9.71. The lowest BCUT2D eigenvalue weighted by Gasteiger charge is -2.31. The van der Waals surface area contributed by atoms with Gasteiger partial charge in [-0.15, -0.1) is 0 Å². The lowest BCUT2D eigenvalue weighted by atomic mass is 9.97. The smallest absolute Gasteiger partial charge is 0.244 e. The summed E-state index contributed by atoms with van der Waals surface area (Å²) in [6.07, 6.45) is 1.85. The molecule has 0 heterocycles. The first-order valence-electron chi connectivity index (χ1n) is 9.89. The minimum absolute atomic E-state index is 0.175. The quantitative estimate of drug-likeness (QED) is 0.730. The molecule has 2 aromatic carbocycles. The van der Waals surface area contributed by atoms with E-state index in [1.807, 2.05) is 65.0 Å². The predicted molar refractivity (Wildman–Crippen MR) is 120 cm³/mol. The van der Waals surface area contributed by atoms with Gasteiger partial charge in [0.2, 0.25) is 15.9 Å². The molecule has 0 unspecified atom stereocenters. The van der Waals surface area contributed by atoms with Crippen molar-refractivity contribution >= 4 is 21.6 Å². The lowest BCUT2D eigenvalue weighted by molar-refractivity contribution is -0.122. The molecule has 0 saturated heterocycles. The third-order valence-electron chi connectivity index (χ3n) is 5.22. The summed E-state index contributed by atoms with van der Waals surface area (Å²) in [5.41, 5.74) is 5.61. The Balaban J connectivity index is 2.37. The minimum Gasteiger partial charge on any atom is -0.347 e.